The number of nitrogens with one attached hydrogen (secondary N) is 1. The predicted molar refractivity (Wildman–Crippen MR) is 88.3 cm³/mol. The van der Waals surface area contributed by atoms with Crippen LogP contribution in [-0.2, 0) is 0 Å². The van der Waals surface area contributed by atoms with E-state index >= 15 is 0 Å². The summed E-state index contributed by atoms with van der Waals surface area (Å²) in [5.41, 5.74) is 3.52. The standard InChI is InChI=1S/C18H20N2O/c1-4-6-7-9-14(8-5-2)17-11-15-10-16(13(3)21)12-19-18(15)20-17/h5-12H,4H2,1-3H3,(H,19,20)/b7-6+,8-5-,14-9+. The van der Waals surface area contributed by atoms with Gasteiger partial charge in [-0.05, 0) is 38.0 Å². The van der Waals surface area contributed by atoms with Gasteiger partial charge in [-0.15, -0.1) is 0 Å². The highest BCUT2D eigenvalue weighted by Gasteiger charge is 2.07. The third-order valence-corrected chi connectivity index (χ3v) is 3.18. The summed E-state index contributed by atoms with van der Waals surface area (Å²) in [6.07, 6.45) is 12.9. The minimum absolute atomic E-state index is 0.0299. The molecule has 0 bridgehead atoms. The van der Waals surface area contributed by atoms with Crippen LogP contribution in [0, 0.1) is 0 Å². The number of carbonyl (C=O) groups excluding carboxylic acids is 1. The lowest BCUT2D eigenvalue weighted by atomic mass is 10.1. The van der Waals surface area contributed by atoms with Crippen molar-refractivity contribution in [3.8, 4) is 0 Å². The number of hydrogen-bond acceptors (Lipinski definition) is 2. The van der Waals surface area contributed by atoms with Gasteiger partial charge in [0.25, 0.3) is 0 Å². The van der Waals surface area contributed by atoms with Gasteiger partial charge in [-0.2, -0.15) is 0 Å². The van der Waals surface area contributed by atoms with Crippen molar-refractivity contribution >= 4 is 22.4 Å². The van der Waals surface area contributed by atoms with Gasteiger partial charge >= 0.3 is 0 Å². The Bertz CT molecular complexity index is 733. The number of carbonyl (C=O) groups is 1. The average molecular weight is 280 g/mol. The minimum Gasteiger partial charge on any atom is -0.339 e. The van der Waals surface area contributed by atoms with E-state index in [0.717, 1.165) is 28.7 Å². The molecule has 0 aliphatic carbocycles. The molecule has 108 valence electrons. The fourth-order valence-corrected chi connectivity index (χ4v) is 2.09. The number of allylic oxidation sites excluding steroid dienone is 6. The van der Waals surface area contributed by atoms with E-state index in [9.17, 15) is 4.79 Å². The van der Waals surface area contributed by atoms with E-state index in [0.29, 0.717) is 5.56 Å². The molecule has 0 aliphatic rings. The molecule has 3 heteroatoms. The zero-order chi connectivity index (χ0) is 15.2. The molecule has 2 rings (SSSR count). The second-order valence-corrected chi connectivity index (χ2v) is 4.86. The number of nitrogens with zero attached hydrogens (tertiary/aromatic N) is 1. The molecule has 2 aromatic rings. The smallest absolute Gasteiger partial charge is 0.161 e. The lowest BCUT2D eigenvalue weighted by Gasteiger charge is -1.96. The average Bonchev–Trinajstić information content (AvgIpc) is 2.89. The molecule has 2 heterocycles. The van der Waals surface area contributed by atoms with E-state index in [2.05, 4.69) is 41.2 Å². The Labute approximate surface area is 125 Å². The Kier molecular flexibility index (Phi) is 4.88. The number of hydrogen-bond donors (Lipinski definition) is 1. The highest BCUT2D eigenvalue weighted by Crippen LogP contribution is 2.22. The van der Waals surface area contributed by atoms with Crippen molar-refractivity contribution in [3.05, 3.63) is 60.0 Å². The van der Waals surface area contributed by atoms with E-state index in [4.69, 9.17) is 0 Å². The minimum atomic E-state index is 0.0299. The summed E-state index contributed by atoms with van der Waals surface area (Å²) in [6.45, 7) is 5.65. The van der Waals surface area contributed by atoms with Crippen molar-refractivity contribution in [2.24, 2.45) is 0 Å². The molecule has 2 aromatic heterocycles. The fraction of sp³-hybridized carbons (Fsp3) is 0.222. The van der Waals surface area contributed by atoms with Crippen molar-refractivity contribution in [2.75, 3.05) is 0 Å². The van der Waals surface area contributed by atoms with E-state index in [1.807, 2.05) is 25.1 Å². The maximum Gasteiger partial charge on any atom is 0.161 e. The summed E-state index contributed by atoms with van der Waals surface area (Å²) in [4.78, 5) is 19.0. The second kappa shape index (κ2) is 6.84. The topological polar surface area (TPSA) is 45.8 Å². The molecule has 0 fully saturated rings. The van der Waals surface area contributed by atoms with Gasteiger partial charge in [0.2, 0.25) is 0 Å². The van der Waals surface area contributed by atoms with Gasteiger partial charge in [0.1, 0.15) is 5.65 Å². The van der Waals surface area contributed by atoms with Gasteiger partial charge < -0.3 is 4.98 Å². The number of rotatable bonds is 5. The summed E-state index contributed by atoms with van der Waals surface area (Å²) in [6, 6.07) is 3.90. The van der Waals surface area contributed by atoms with Crippen LogP contribution in [0.15, 0.2) is 48.7 Å². The van der Waals surface area contributed by atoms with E-state index in [1.165, 1.54) is 0 Å². The summed E-state index contributed by atoms with van der Waals surface area (Å²) in [7, 11) is 0. The Morgan fingerprint density at radius 1 is 1.38 bits per heavy atom. The third-order valence-electron chi connectivity index (χ3n) is 3.18. The molecule has 0 saturated carbocycles. The first-order chi connectivity index (χ1) is 10.2. The largest absolute Gasteiger partial charge is 0.339 e. The van der Waals surface area contributed by atoms with Gasteiger partial charge in [0, 0.05) is 22.8 Å². The molecule has 21 heavy (non-hydrogen) atoms. The maximum atomic E-state index is 11.4. The second-order valence-electron chi connectivity index (χ2n) is 4.86. The number of fused-ring (bicyclic) bond motifs is 1. The molecule has 0 aliphatic heterocycles. The lowest BCUT2D eigenvalue weighted by molar-refractivity contribution is 0.101. The Balaban J connectivity index is 2.46. The summed E-state index contributed by atoms with van der Waals surface area (Å²) < 4.78 is 0. The molecule has 3 nitrogen and oxygen atoms in total. The molecule has 0 spiro atoms. The summed E-state index contributed by atoms with van der Waals surface area (Å²) >= 11 is 0. The van der Waals surface area contributed by atoms with E-state index in [-0.39, 0.29) is 5.78 Å². The number of aromatic amines is 1. The Hall–Kier alpha value is -2.42. The molecule has 1 N–H and O–H groups in total. The fourth-order valence-electron chi connectivity index (χ4n) is 2.09. The lowest BCUT2D eigenvalue weighted by Crippen LogP contribution is -1.92. The summed E-state index contributed by atoms with van der Waals surface area (Å²) in [5.74, 6) is 0.0299. The van der Waals surface area contributed by atoms with Crippen LogP contribution in [-0.4, -0.2) is 15.8 Å². The van der Waals surface area contributed by atoms with Crippen LogP contribution in [0.25, 0.3) is 16.6 Å². The SMILES string of the molecule is C\C=C/C(=C\C=C\CC)c1cc2cc(C(C)=O)cnc2[nH]1. The van der Waals surface area contributed by atoms with Crippen molar-refractivity contribution in [1.29, 1.82) is 0 Å². The third kappa shape index (κ3) is 3.57. The maximum absolute atomic E-state index is 11.4. The zero-order valence-electron chi connectivity index (χ0n) is 12.7. The first kappa shape index (κ1) is 15.0. The molecule has 0 atom stereocenters. The van der Waals surface area contributed by atoms with Gasteiger partial charge in [0.05, 0.1) is 0 Å². The van der Waals surface area contributed by atoms with Gasteiger partial charge in [-0.3, -0.25) is 4.79 Å². The van der Waals surface area contributed by atoms with Gasteiger partial charge in [0.15, 0.2) is 5.78 Å². The van der Waals surface area contributed by atoms with Crippen LogP contribution in [0.3, 0.4) is 0 Å². The molecule has 0 aromatic carbocycles. The van der Waals surface area contributed by atoms with Crippen LogP contribution in [0.4, 0.5) is 0 Å². The predicted octanol–water partition coefficient (Wildman–Crippen LogP) is 4.69. The Morgan fingerprint density at radius 2 is 2.19 bits per heavy atom. The molecular formula is C18H20N2O. The van der Waals surface area contributed by atoms with Gasteiger partial charge in [-0.1, -0.05) is 37.3 Å². The number of aromatic nitrogens is 2. The molecular weight excluding hydrogens is 260 g/mol. The quantitative estimate of drug-likeness (QED) is 0.638. The van der Waals surface area contributed by atoms with Crippen molar-refractivity contribution in [3.63, 3.8) is 0 Å². The van der Waals surface area contributed by atoms with Crippen molar-refractivity contribution < 1.29 is 4.79 Å². The first-order valence-corrected chi connectivity index (χ1v) is 7.15. The highest BCUT2D eigenvalue weighted by molar-refractivity contribution is 5.97. The Morgan fingerprint density at radius 3 is 2.86 bits per heavy atom. The monoisotopic (exact) mass is 280 g/mol. The zero-order valence-corrected chi connectivity index (χ0v) is 12.7. The first-order valence-electron chi connectivity index (χ1n) is 7.15. The number of Topliss-reactive ketones (excluding diaryl/α,β-unsaturated/α-hetero) is 1. The van der Waals surface area contributed by atoms with E-state index < -0.39 is 0 Å². The molecule has 0 amide bonds. The highest BCUT2D eigenvalue weighted by atomic mass is 16.1. The number of pyridine rings is 1. The van der Waals surface area contributed by atoms with Crippen LogP contribution < -0.4 is 0 Å². The molecule has 0 radical (unpaired) electrons. The van der Waals surface area contributed by atoms with Gasteiger partial charge in [-0.25, -0.2) is 4.98 Å². The number of H-pyrrole nitrogens is 1. The molecule has 0 unspecified atom stereocenters. The van der Waals surface area contributed by atoms with Crippen LogP contribution >= 0.6 is 0 Å². The van der Waals surface area contributed by atoms with Crippen molar-refractivity contribution in [1.82, 2.24) is 9.97 Å². The van der Waals surface area contributed by atoms with Crippen LogP contribution in [0.1, 0.15) is 43.2 Å². The summed E-state index contributed by atoms with van der Waals surface area (Å²) in [5, 5.41) is 0.951. The number of ketones is 1. The normalized spacial score (nSPS) is 12.8. The van der Waals surface area contributed by atoms with Crippen LogP contribution in [0.5, 0.6) is 0 Å². The van der Waals surface area contributed by atoms with Crippen LogP contribution in [0.2, 0.25) is 0 Å². The van der Waals surface area contributed by atoms with Crippen molar-refractivity contribution in [2.45, 2.75) is 27.2 Å². The molecule has 0 saturated heterocycles. The van der Waals surface area contributed by atoms with E-state index in [1.54, 1.807) is 13.1 Å².